The zero-order valence-corrected chi connectivity index (χ0v) is 13.5. The van der Waals surface area contributed by atoms with E-state index in [0.29, 0.717) is 17.1 Å². The molecule has 1 aliphatic carbocycles. The first-order chi connectivity index (χ1) is 11.7. The van der Waals surface area contributed by atoms with E-state index >= 15 is 0 Å². The first kappa shape index (κ1) is 14.8. The van der Waals surface area contributed by atoms with Crippen LogP contribution in [0.5, 0.6) is 11.5 Å². The molecule has 0 spiro atoms. The maximum Gasteiger partial charge on any atom is 0.343 e. The number of fused-ring (bicyclic) bond motifs is 3. The molecule has 0 atom stereocenters. The molecule has 2 aromatic carbocycles. The number of esters is 1. The number of carbonyl (C=O) groups excluding carboxylic acids is 1. The van der Waals surface area contributed by atoms with Crippen LogP contribution in [0.2, 0.25) is 0 Å². The Morgan fingerprint density at radius 3 is 2.54 bits per heavy atom. The summed E-state index contributed by atoms with van der Waals surface area (Å²) in [7, 11) is 1.59. The smallest absolute Gasteiger partial charge is 0.343 e. The molecule has 4 heteroatoms. The summed E-state index contributed by atoms with van der Waals surface area (Å²) in [6, 6.07) is 12.4. The van der Waals surface area contributed by atoms with Crippen molar-refractivity contribution in [2.75, 3.05) is 7.11 Å². The quantitative estimate of drug-likeness (QED) is 0.525. The lowest BCUT2D eigenvalue weighted by atomic mass is 9.96. The van der Waals surface area contributed by atoms with Gasteiger partial charge in [0.2, 0.25) is 0 Å². The third kappa shape index (κ3) is 2.64. The molecule has 0 radical (unpaired) electrons. The number of carbonyl (C=O) groups is 1. The maximum atomic E-state index is 12.3. The Kier molecular flexibility index (Phi) is 3.73. The van der Waals surface area contributed by atoms with Crippen molar-refractivity contribution < 1.29 is 18.7 Å². The largest absolute Gasteiger partial charge is 0.497 e. The minimum Gasteiger partial charge on any atom is -0.497 e. The number of furan rings is 1. The van der Waals surface area contributed by atoms with Crippen molar-refractivity contribution in [3.63, 3.8) is 0 Å². The van der Waals surface area contributed by atoms with Crippen LogP contribution in [0.1, 0.15) is 34.5 Å². The number of methoxy groups -OCH3 is 1. The van der Waals surface area contributed by atoms with E-state index in [2.05, 4.69) is 0 Å². The monoisotopic (exact) mass is 322 g/mol. The Balaban J connectivity index is 1.60. The molecule has 24 heavy (non-hydrogen) atoms. The van der Waals surface area contributed by atoms with Crippen LogP contribution >= 0.6 is 0 Å². The second-order valence-corrected chi connectivity index (χ2v) is 5.99. The summed E-state index contributed by atoms with van der Waals surface area (Å²) in [5.41, 5.74) is 2.62. The standard InChI is InChI=1S/C20H18O4/c1-22-14-8-6-13(7-9-14)20(21)23-15-10-11-19-17(12-15)16-4-2-3-5-18(16)24-19/h6-12H,2-5H2,1H3. The van der Waals surface area contributed by atoms with Crippen molar-refractivity contribution in [3.05, 3.63) is 59.4 Å². The molecule has 4 nitrogen and oxygen atoms in total. The van der Waals surface area contributed by atoms with Gasteiger partial charge in [0.05, 0.1) is 12.7 Å². The van der Waals surface area contributed by atoms with Crippen LogP contribution in [0.4, 0.5) is 0 Å². The molecule has 0 N–H and O–H groups in total. The Morgan fingerprint density at radius 2 is 1.75 bits per heavy atom. The van der Waals surface area contributed by atoms with E-state index in [0.717, 1.165) is 29.6 Å². The van der Waals surface area contributed by atoms with Crippen LogP contribution in [0.3, 0.4) is 0 Å². The van der Waals surface area contributed by atoms with Crippen LogP contribution in [0, 0.1) is 0 Å². The van der Waals surface area contributed by atoms with E-state index < -0.39 is 0 Å². The zero-order valence-electron chi connectivity index (χ0n) is 13.5. The number of benzene rings is 2. The highest BCUT2D eigenvalue weighted by molar-refractivity contribution is 5.92. The molecule has 122 valence electrons. The number of aryl methyl sites for hydroxylation is 2. The number of hydrogen-bond acceptors (Lipinski definition) is 4. The number of hydrogen-bond donors (Lipinski definition) is 0. The molecule has 0 unspecified atom stereocenters. The topological polar surface area (TPSA) is 48.7 Å². The van der Waals surface area contributed by atoms with Crippen molar-refractivity contribution in [1.29, 1.82) is 0 Å². The van der Waals surface area contributed by atoms with Crippen molar-refractivity contribution in [2.24, 2.45) is 0 Å². The number of ether oxygens (including phenoxy) is 2. The van der Waals surface area contributed by atoms with E-state index in [9.17, 15) is 4.79 Å². The van der Waals surface area contributed by atoms with Crippen LogP contribution in [-0.2, 0) is 12.8 Å². The summed E-state index contributed by atoms with van der Waals surface area (Å²) in [5, 5.41) is 1.06. The Hall–Kier alpha value is -2.75. The third-order valence-electron chi connectivity index (χ3n) is 4.46. The van der Waals surface area contributed by atoms with Crippen molar-refractivity contribution in [3.8, 4) is 11.5 Å². The second kappa shape index (κ2) is 6.04. The summed E-state index contributed by atoms with van der Waals surface area (Å²) < 4.78 is 16.5. The highest BCUT2D eigenvalue weighted by atomic mass is 16.5. The normalized spacial score (nSPS) is 13.5. The summed E-state index contributed by atoms with van der Waals surface area (Å²) in [5.74, 6) is 1.94. The van der Waals surface area contributed by atoms with Crippen LogP contribution in [0.15, 0.2) is 46.9 Å². The first-order valence-corrected chi connectivity index (χ1v) is 8.15. The van der Waals surface area contributed by atoms with E-state index in [4.69, 9.17) is 13.9 Å². The molecule has 3 aromatic rings. The fourth-order valence-electron chi connectivity index (χ4n) is 3.20. The SMILES string of the molecule is COc1ccc(C(=O)Oc2ccc3oc4c(c3c2)CCCC4)cc1. The highest BCUT2D eigenvalue weighted by Crippen LogP contribution is 2.34. The third-order valence-corrected chi connectivity index (χ3v) is 4.46. The fourth-order valence-corrected chi connectivity index (χ4v) is 3.20. The Bertz CT molecular complexity index is 890. The van der Waals surface area contributed by atoms with Gasteiger partial charge in [0, 0.05) is 17.4 Å². The molecule has 0 amide bonds. The van der Waals surface area contributed by atoms with Gasteiger partial charge in [0.25, 0.3) is 0 Å². The van der Waals surface area contributed by atoms with Crippen molar-refractivity contribution in [2.45, 2.75) is 25.7 Å². The second-order valence-electron chi connectivity index (χ2n) is 5.99. The van der Waals surface area contributed by atoms with Gasteiger partial charge >= 0.3 is 5.97 Å². The molecule has 0 fully saturated rings. The lowest BCUT2D eigenvalue weighted by Gasteiger charge is -2.09. The van der Waals surface area contributed by atoms with Gasteiger partial charge < -0.3 is 13.9 Å². The fraction of sp³-hybridized carbons (Fsp3) is 0.250. The van der Waals surface area contributed by atoms with E-state index in [-0.39, 0.29) is 5.97 Å². The van der Waals surface area contributed by atoms with Gasteiger partial charge in [-0.3, -0.25) is 0 Å². The highest BCUT2D eigenvalue weighted by Gasteiger charge is 2.18. The molecular weight excluding hydrogens is 304 g/mol. The van der Waals surface area contributed by atoms with E-state index in [1.54, 1.807) is 37.4 Å². The lowest BCUT2D eigenvalue weighted by Crippen LogP contribution is -2.08. The molecule has 0 aliphatic heterocycles. The van der Waals surface area contributed by atoms with E-state index in [1.807, 2.05) is 12.1 Å². The molecule has 1 heterocycles. The van der Waals surface area contributed by atoms with Gasteiger partial charge in [-0.25, -0.2) is 4.79 Å². The van der Waals surface area contributed by atoms with Gasteiger partial charge in [-0.2, -0.15) is 0 Å². The van der Waals surface area contributed by atoms with E-state index in [1.165, 1.54) is 18.4 Å². The van der Waals surface area contributed by atoms with Crippen molar-refractivity contribution >= 4 is 16.9 Å². The van der Waals surface area contributed by atoms with Crippen LogP contribution in [-0.4, -0.2) is 13.1 Å². The average molecular weight is 322 g/mol. The minimum absolute atomic E-state index is 0.380. The van der Waals surface area contributed by atoms with Gasteiger partial charge in [-0.05, 0) is 61.7 Å². The molecule has 1 aliphatic rings. The predicted molar refractivity (Wildman–Crippen MR) is 90.8 cm³/mol. The minimum atomic E-state index is -0.380. The van der Waals surface area contributed by atoms with Gasteiger partial charge in [0.15, 0.2) is 0 Å². The molecule has 0 bridgehead atoms. The Morgan fingerprint density at radius 1 is 1.00 bits per heavy atom. The first-order valence-electron chi connectivity index (χ1n) is 8.15. The molecule has 4 rings (SSSR count). The number of rotatable bonds is 3. The van der Waals surface area contributed by atoms with Crippen LogP contribution < -0.4 is 9.47 Å². The Labute approximate surface area is 140 Å². The van der Waals surface area contributed by atoms with Gasteiger partial charge in [-0.1, -0.05) is 0 Å². The summed E-state index contributed by atoms with van der Waals surface area (Å²) >= 11 is 0. The maximum absolute atomic E-state index is 12.3. The molecule has 0 saturated heterocycles. The molecule has 1 aromatic heterocycles. The average Bonchev–Trinajstić information content (AvgIpc) is 3.00. The molecule has 0 saturated carbocycles. The van der Waals surface area contributed by atoms with Crippen LogP contribution in [0.25, 0.3) is 11.0 Å². The summed E-state index contributed by atoms with van der Waals surface area (Å²) in [6.45, 7) is 0. The zero-order chi connectivity index (χ0) is 16.5. The van der Waals surface area contributed by atoms with Gasteiger partial charge in [0.1, 0.15) is 22.8 Å². The lowest BCUT2D eigenvalue weighted by molar-refractivity contribution is 0.0735. The van der Waals surface area contributed by atoms with Crippen molar-refractivity contribution in [1.82, 2.24) is 0 Å². The summed E-state index contributed by atoms with van der Waals surface area (Å²) in [4.78, 5) is 12.3. The molecular formula is C20H18O4. The predicted octanol–water partition coefficient (Wildman–Crippen LogP) is 4.54. The summed E-state index contributed by atoms with van der Waals surface area (Å²) in [6.07, 6.45) is 4.37. The van der Waals surface area contributed by atoms with Gasteiger partial charge in [-0.15, -0.1) is 0 Å².